The first-order chi connectivity index (χ1) is 10.9. The van der Waals surface area contributed by atoms with E-state index in [1.807, 2.05) is 0 Å². The van der Waals surface area contributed by atoms with Gasteiger partial charge in [0.2, 0.25) is 5.91 Å². The van der Waals surface area contributed by atoms with Crippen molar-refractivity contribution in [2.24, 2.45) is 0 Å². The van der Waals surface area contributed by atoms with Crippen LogP contribution in [0.1, 0.15) is 35.4 Å². The second-order valence-electron chi connectivity index (χ2n) is 5.28. The van der Waals surface area contributed by atoms with Gasteiger partial charge in [-0.3, -0.25) is 4.79 Å². The number of carbonyl (C=O) groups excluding carboxylic acids is 2. The van der Waals surface area contributed by atoms with Gasteiger partial charge in [0.05, 0.1) is 18.8 Å². The van der Waals surface area contributed by atoms with Crippen LogP contribution in [0.2, 0.25) is 0 Å². The number of aromatic amines is 1. The monoisotopic (exact) mass is 320 g/mol. The molecule has 1 heterocycles. The summed E-state index contributed by atoms with van der Waals surface area (Å²) in [5, 5.41) is 23.5. The predicted molar refractivity (Wildman–Crippen MR) is 83.9 cm³/mol. The van der Waals surface area contributed by atoms with Gasteiger partial charge in [0.25, 0.3) is 0 Å². The zero-order chi connectivity index (χ0) is 17.0. The molecule has 2 unspecified atom stereocenters. The molecule has 2 aromatic rings. The molecule has 1 aromatic carbocycles. The van der Waals surface area contributed by atoms with Crippen molar-refractivity contribution in [3.8, 4) is 0 Å². The van der Waals surface area contributed by atoms with Gasteiger partial charge in [0.1, 0.15) is 6.10 Å². The molecule has 23 heavy (non-hydrogen) atoms. The van der Waals surface area contributed by atoms with Crippen LogP contribution in [0, 0.1) is 0 Å². The maximum Gasteiger partial charge on any atom is 0.340 e. The fraction of sp³-hybridized carbons (Fsp3) is 0.375. The third-order valence-electron chi connectivity index (χ3n) is 3.63. The first kappa shape index (κ1) is 17.0. The van der Waals surface area contributed by atoms with E-state index in [0.29, 0.717) is 16.5 Å². The number of amides is 1. The van der Waals surface area contributed by atoms with Crippen molar-refractivity contribution < 1.29 is 24.5 Å². The molecule has 0 radical (unpaired) electrons. The Hall–Kier alpha value is -2.38. The molecule has 7 nitrogen and oxygen atoms in total. The standard InChI is InChI=1S/C16H20N2O5/c1-9(19)17-6-5-14(20)15(21)10-3-4-13-11(7-10)12(8-18-13)16(22)23-2/h3-4,7-8,14-15,18,20-21H,5-6H2,1-2H3,(H,17,19). The van der Waals surface area contributed by atoms with E-state index in [4.69, 9.17) is 4.74 Å². The first-order valence-electron chi connectivity index (χ1n) is 7.24. The number of H-pyrrole nitrogens is 1. The molecule has 1 aromatic heterocycles. The summed E-state index contributed by atoms with van der Waals surface area (Å²) in [6.45, 7) is 1.66. The Bertz CT molecular complexity index is 710. The highest BCUT2D eigenvalue weighted by Crippen LogP contribution is 2.26. The normalized spacial score (nSPS) is 13.6. The minimum atomic E-state index is -1.12. The number of aliphatic hydroxyl groups excluding tert-OH is 2. The number of carbonyl (C=O) groups is 2. The lowest BCUT2D eigenvalue weighted by atomic mass is 9.99. The van der Waals surface area contributed by atoms with Crippen LogP contribution in [0.25, 0.3) is 10.9 Å². The zero-order valence-electron chi connectivity index (χ0n) is 13.0. The molecule has 0 fully saturated rings. The number of fused-ring (bicyclic) bond motifs is 1. The summed E-state index contributed by atoms with van der Waals surface area (Å²) in [6, 6.07) is 5.04. The van der Waals surface area contributed by atoms with Crippen LogP contribution >= 0.6 is 0 Å². The highest BCUT2D eigenvalue weighted by atomic mass is 16.5. The Balaban J connectivity index is 2.18. The molecule has 0 bridgehead atoms. The summed E-state index contributed by atoms with van der Waals surface area (Å²) in [7, 11) is 1.30. The molecule has 1 amide bonds. The lowest BCUT2D eigenvalue weighted by Crippen LogP contribution is -2.27. The van der Waals surface area contributed by atoms with Gasteiger partial charge >= 0.3 is 5.97 Å². The molecule has 0 aliphatic rings. The van der Waals surface area contributed by atoms with Crippen molar-refractivity contribution in [3.05, 3.63) is 35.5 Å². The Labute approximate surface area is 133 Å². The third kappa shape index (κ3) is 3.88. The lowest BCUT2D eigenvalue weighted by molar-refractivity contribution is -0.119. The zero-order valence-corrected chi connectivity index (χ0v) is 13.0. The number of esters is 1. The molecular formula is C16H20N2O5. The van der Waals surface area contributed by atoms with E-state index in [2.05, 4.69) is 10.3 Å². The lowest BCUT2D eigenvalue weighted by Gasteiger charge is -2.18. The van der Waals surface area contributed by atoms with Crippen LogP contribution in [-0.2, 0) is 9.53 Å². The van der Waals surface area contributed by atoms with Gasteiger partial charge in [-0.15, -0.1) is 0 Å². The molecule has 0 spiro atoms. The van der Waals surface area contributed by atoms with Gasteiger partial charge in [0, 0.05) is 30.6 Å². The highest BCUT2D eigenvalue weighted by molar-refractivity contribution is 6.04. The molecule has 0 saturated carbocycles. The minimum Gasteiger partial charge on any atom is -0.465 e. The largest absolute Gasteiger partial charge is 0.465 e. The van der Waals surface area contributed by atoms with Crippen LogP contribution in [0.3, 0.4) is 0 Å². The van der Waals surface area contributed by atoms with Gasteiger partial charge in [0.15, 0.2) is 0 Å². The van der Waals surface area contributed by atoms with Crippen molar-refractivity contribution >= 4 is 22.8 Å². The van der Waals surface area contributed by atoms with E-state index in [1.165, 1.54) is 14.0 Å². The van der Waals surface area contributed by atoms with Crippen molar-refractivity contribution in [1.29, 1.82) is 0 Å². The van der Waals surface area contributed by atoms with Gasteiger partial charge in [-0.25, -0.2) is 4.79 Å². The summed E-state index contributed by atoms with van der Waals surface area (Å²) >= 11 is 0. The number of aliphatic hydroxyl groups is 2. The number of hydrogen-bond acceptors (Lipinski definition) is 5. The first-order valence-corrected chi connectivity index (χ1v) is 7.24. The molecule has 0 aliphatic carbocycles. The van der Waals surface area contributed by atoms with Gasteiger partial charge in [-0.2, -0.15) is 0 Å². The van der Waals surface area contributed by atoms with Crippen molar-refractivity contribution in [2.45, 2.75) is 25.6 Å². The van der Waals surface area contributed by atoms with E-state index >= 15 is 0 Å². The summed E-state index contributed by atoms with van der Waals surface area (Å²) in [4.78, 5) is 25.5. The molecule has 2 rings (SSSR count). The van der Waals surface area contributed by atoms with E-state index in [1.54, 1.807) is 24.4 Å². The van der Waals surface area contributed by atoms with Crippen LogP contribution in [-0.4, -0.2) is 46.8 Å². The molecule has 2 atom stereocenters. The van der Waals surface area contributed by atoms with Crippen LogP contribution in [0.4, 0.5) is 0 Å². The molecule has 7 heteroatoms. The summed E-state index contributed by atoms with van der Waals surface area (Å²) in [5.41, 5.74) is 1.58. The minimum absolute atomic E-state index is 0.192. The molecule has 4 N–H and O–H groups in total. The fourth-order valence-corrected chi connectivity index (χ4v) is 2.38. The third-order valence-corrected chi connectivity index (χ3v) is 3.63. The SMILES string of the molecule is COC(=O)c1c[nH]c2ccc(C(O)C(O)CCNC(C)=O)cc12. The number of hydrogen-bond donors (Lipinski definition) is 4. The molecular weight excluding hydrogens is 300 g/mol. The maximum atomic E-state index is 11.7. The topological polar surface area (TPSA) is 112 Å². The second kappa shape index (κ2) is 7.26. The van der Waals surface area contributed by atoms with E-state index < -0.39 is 18.2 Å². The van der Waals surface area contributed by atoms with Crippen LogP contribution in [0.5, 0.6) is 0 Å². The Morgan fingerprint density at radius 2 is 2.09 bits per heavy atom. The number of ether oxygens (including phenoxy) is 1. The summed E-state index contributed by atoms with van der Waals surface area (Å²) in [6.07, 6.45) is -0.385. The Kier molecular flexibility index (Phi) is 5.36. The predicted octanol–water partition coefficient (Wildman–Crippen LogP) is 0.875. The molecule has 0 aliphatic heterocycles. The Morgan fingerprint density at radius 1 is 1.35 bits per heavy atom. The quantitative estimate of drug-likeness (QED) is 0.590. The highest BCUT2D eigenvalue weighted by Gasteiger charge is 2.20. The average Bonchev–Trinajstić information content (AvgIpc) is 2.95. The van der Waals surface area contributed by atoms with Gasteiger partial charge < -0.3 is 25.3 Å². The number of nitrogens with one attached hydrogen (secondary N) is 2. The number of benzene rings is 1. The summed E-state index contributed by atoms with van der Waals surface area (Å²) in [5.74, 6) is -0.669. The fourth-order valence-electron chi connectivity index (χ4n) is 2.38. The number of rotatable bonds is 6. The van der Waals surface area contributed by atoms with Crippen molar-refractivity contribution in [2.75, 3.05) is 13.7 Å². The smallest absolute Gasteiger partial charge is 0.340 e. The Morgan fingerprint density at radius 3 is 2.74 bits per heavy atom. The molecule has 0 saturated heterocycles. The number of aromatic nitrogens is 1. The van der Waals surface area contributed by atoms with Crippen LogP contribution < -0.4 is 5.32 Å². The van der Waals surface area contributed by atoms with Crippen molar-refractivity contribution in [3.63, 3.8) is 0 Å². The number of methoxy groups -OCH3 is 1. The van der Waals surface area contributed by atoms with Crippen LogP contribution in [0.15, 0.2) is 24.4 Å². The second-order valence-corrected chi connectivity index (χ2v) is 5.28. The maximum absolute atomic E-state index is 11.7. The van der Waals surface area contributed by atoms with E-state index in [9.17, 15) is 19.8 Å². The van der Waals surface area contributed by atoms with E-state index in [0.717, 1.165) is 5.52 Å². The average molecular weight is 320 g/mol. The van der Waals surface area contributed by atoms with E-state index in [-0.39, 0.29) is 18.9 Å². The summed E-state index contributed by atoms with van der Waals surface area (Å²) < 4.78 is 4.72. The van der Waals surface area contributed by atoms with Gasteiger partial charge in [-0.1, -0.05) is 6.07 Å². The molecule has 124 valence electrons. The van der Waals surface area contributed by atoms with Crippen molar-refractivity contribution in [1.82, 2.24) is 10.3 Å². The van der Waals surface area contributed by atoms with Gasteiger partial charge in [-0.05, 0) is 24.1 Å².